The fourth-order valence-electron chi connectivity index (χ4n) is 4.02. The molecule has 3 saturated heterocycles. The zero-order chi connectivity index (χ0) is 12.2. The number of aldehydes is 1. The Morgan fingerprint density at radius 3 is 2.88 bits per heavy atom. The Bertz CT molecular complexity index is 357. The zero-order valence-electron chi connectivity index (χ0n) is 10.3. The number of hydrogen-bond acceptors (Lipinski definition) is 4. The van der Waals surface area contributed by atoms with Gasteiger partial charge < -0.3 is 9.53 Å². The van der Waals surface area contributed by atoms with Gasteiger partial charge in [-0.25, -0.2) is 0 Å². The molecule has 0 aliphatic carbocycles. The lowest BCUT2D eigenvalue weighted by molar-refractivity contribution is -0.143. The number of hydrogen-bond donors (Lipinski definition) is 0. The van der Waals surface area contributed by atoms with Gasteiger partial charge in [0.05, 0.1) is 18.8 Å². The fourth-order valence-corrected chi connectivity index (χ4v) is 4.02. The van der Waals surface area contributed by atoms with E-state index in [-0.39, 0.29) is 18.1 Å². The van der Waals surface area contributed by atoms with Crippen LogP contribution in [-0.2, 0) is 14.3 Å². The minimum absolute atomic E-state index is 0.00616. The van der Waals surface area contributed by atoms with Crippen LogP contribution in [0.15, 0.2) is 0 Å². The molecule has 4 nitrogen and oxygen atoms in total. The number of piperidine rings is 1. The van der Waals surface area contributed by atoms with Crippen molar-refractivity contribution in [3.63, 3.8) is 0 Å². The lowest BCUT2D eigenvalue weighted by Crippen LogP contribution is -2.55. The van der Waals surface area contributed by atoms with Crippen LogP contribution in [0.25, 0.3) is 0 Å². The normalized spacial score (nSPS) is 50.1. The Morgan fingerprint density at radius 1 is 1.41 bits per heavy atom. The molecule has 2 bridgehead atoms. The number of likely N-dealkylation sites (N-methyl/N-ethyl adjacent to an activating group) is 1. The van der Waals surface area contributed by atoms with Crippen LogP contribution in [0.3, 0.4) is 0 Å². The van der Waals surface area contributed by atoms with Gasteiger partial charge in [0, 0.05) is 24.3 Å². The number of fused-ring (bicyclic) bond motifs is 4. The SMILES string of the molecule is C[C@@H]1OC[C@@H]2[C@@H](C[C@@H]3C(=O)C[C@@H]2N3C)[C@@H]1C=O. The number of rotatable bonds is 1. The highest BCUT2D eigenvalue weighted by atomic mass is 16.5. The average Bonchev–Trinajstić information content (AvgIpc) is 2.50. The standard InChI is InChI=1S/C13H19NO3/c1-7-9(5-15)8-3-12-13(16)4-11(14(12)2)10(8)6-17-7/h5,7-12H,3-4,6H2,1-2H3/t7-,8-,9+,10+,11-,12+/m0/s1. The topological polar surface area (TPSA) is 46.6 Å². The molecule has 6 atom stereocenters. The number of ketones is 1. The van der Waals surface area contributed by atoms with Gasteiger partial charge in [0.25, 0.3) is 0 Å². The third kappa shape index (κ3) is 1.50. The fraction of sp³-hybridized carbons (Fsp3) is 0.846. The van der Waals surface area contributed by atoms with Crippen molar-refractivity contribution < 1.29 is 14.3 Å². The summed E-state index contributed by atoms with van der Waals surface area (Å²) in [6.45, 7) is 2.67. The average molecular weight is 237 g/mol. The molecule has 0 amide bonds. The first-order chi connectivity index (χ1) is 8.13. The van der Waals surface area contributed by atoms with E-state index in [1.165, 1.54) is 0 Å². The van der Waals surface area contributed by atoms with Crippen LogP contribution in [0, 0.1) is 17.8 Å². The summed E-state index contributed by atoms with van der Waals surface area (Å²) in [5, 5.41) is 0. The molecule has 94 valence electrons. The van der Waals surface area contributed by atoms with Crippen molar-refractivity contribution in [1.82, 2.24) is 4.90 Å². The molecule has 3 fully saturated rings. The highest BCUT2D eigenvalue weighted by Gasteiger charge is 2.54. The second-order valence-corrected chi connectivity index (χ2v) is 5.73. The molecule has 4 heteroatoms. The van der Waals surface area contributed by atoms with Gasteiger partial charge in [-0.3, -0.25) is 9.69 Å². The first kappa shape index (κ1) is 11.4. The molecule has 3 rings (SSSR count). The van der Waals surface area contributed by atoms with Crippen LogP contribution in [-0.4, -0.2) is 48.8 Å². The highest BCUT2D eigenvalue weighted by Crippen LogP contribution is 2.46. The molecule has 0 aromatic heterocycles. The zero-order valence-corrected chi connectivity index (χ0v) is 10.3. The maximum Gasteiger partial charge on any atom is 0.151 e. The Hall–Kier alpha value is -0.740. The smallest absolute Gasteiger partial charge is 0.151 e. The number of Topliss-reactive ketones (excluding diaryl/α,β-unsaturated/α-hetero) is 1. The van der Waals surface area contributed by atoms with Crippen LogP contribution in [0.5, 0.6) is 0 Å². The van der Waals surface area contributed by atoms with Gasteiger partial charge in [-0.05, 0) is 26.3 Å². The highest BCUT2D eigenvalue weighted by molar-refractivity contribution is 5.87. The molecule has 0 N–H and O–H groups in total. The molecule has 0 spiro atoms. The number of nitrogens with zero attached hydrogens (tertiary/aromatic N) is 1. The van der Waals surface area contributed by atoms with Crippen LogP contribution in [0.2, 0.25) is 0 Å². The van der Waals surface area contributed by atoms with Crippen LogP contribution < -0.4 is 0 Å². The van der Waals surface area contributed by atoms with Crippen LogP contribution >= 0.6 is 0 Å². The van der Waals surface area contributed by atoms with Crippen molar-refractivity contribution in [3.8, 4) is 0 Å². The third-order valence-electron chi connectivity index (χ3n) is 5.08. The van der Waals surface area contributed by atoms with Crippen molar-refractivity contribution in [2.45, 2.75) is 38.0 Å². The second-order valence-electron chi connectivity index (χ2n) is 5.73. The summed E-state index contributed by atoms with van der Waals surface area (Å²) >= 11 is 0. The van der Waals surface area contributed by atoms with Crippen molar-refractivity contribution in [3.05, 3.63) is 0 Å². The van der Waals surface area contributed by atoms with Gasteiger partial charge in [-0.2, -0.15) is 0 Å². The first-order valence-electron chi connectivity index (χ1n) is 6.45. The summed E-state index contributed by atoms with van der Waals surface area (Å²) in [6.07, 6.45) is 2.53. The Morgan fingerprint density at radius 2 is 2.18 bits per heavy atom. The number of ether oxygens (including phenoxy) is 1. The summed E-state index contributed by atoms with van der Waals surface area (Å²) in [5.41, 5.74) is 0. The molecule has 3 aliphatic rings. The van der Waals surface area contributed by atoms with Crippen molar-refractivity contribution in [2.75, 3.05) is 13.7 Å². The van der Waals surface area contributed by atoms with Gasteiger partial charge in [-0.1, -0.05) is 0 Å². The van der Waals surface area contributed by atoms with E-state index < -0.39 is 0 Å². The summed E-state index contributed by atoms with van der Waals surface area (Å²) < 4.78 is 5.72. The van der Waals surface area contributed by atoms with Crippen molar-refractivity contribution >= 4 is 12.1 Å². The number of carbonyl (C=O) groups is 2. The van der Waals surface area contributed by atoms with Crippen molar-refractivity contribution in [1.29, 1.82) is 0 Å². The van der Waals surface area contributed by atoms with Gasteiger partial charge in [0.1, 0.15) is 6.29 Å². The summed E-state index contributed by atoms with van der Waals surface area (Å²) in [6, 6.07) is 0.343. The van der Waals surface area contributed by atoms with Crippen LogP contribution in [0.4, 0.5) is 0 Å². The van der Waals surface area contributed by atoms with E-state index in [0.717, 1.165) is 12.7 Å². The van der Waals surface area contributed by atoms with E-state index in [2.05, 4.69) is 4.90 Å². The molecule has 0 unspecified atom stereocenters. The predicted octanol–water partition coefficient (Wildman–Crippen LogP) is 0.498. The molecule has 3 aliphatic heterocycles. The second kappa shape index (κ2) is 3.89. The molecular weight excluding hydrogens is 218 g/mol. The van der Waals surface area contributed by atoms with E-state index >= 15 is 0 Å². The Labute approximate surface area is 101 Å². The minimum atomic E-state index is -0.0293. The minimum Gasteiger partial charge on any atom is -0.377 e. The van der Waals surface area contributed by atoms with E-state index in [1.807, 2.05) is 14.0 Å². The van der Waals surface area contributed by atoms with Gasteiger partial charge in [0.15, 0.2) is 5.78 Å². The molecular formula is C13H19NO3. The van der Waals surface area contributed by atoms with Crippen LogP contribution in [0.1, 0.15) is 19.8 Å². The lowest BCUT2D eigenvalue weighted by atomic mass is 9.70. The molecule has 0 radical (unpaired) electrons. The van der Waals surface area contributed by atoms with E-state index in [4.69, 9.17) is 4.74 Å². The summed E-state index contributed by atoms with van der Waals surface area (Å²) in [5.74, 6) is 1.02. The monoisotopic (exact) mass is 237 g/mol. The molecule has 0 aromatic rings. The Kier molecular flexibility index (Phi) is 2.60. The molecule has 3 heterocycles. The molecule has 0 saturated carbocycles. The first-order valence-corrected chi connectivity index (χ1v) is 6.45. The summed E-state index contributed by atoms with van der Waals surface area (Å²) in [7, 11) is 2.03. The van der Waals surface area contributed by atoms with Gasteiger partial charge in [-0.15, -0.1) is 0 Å². The molecule has 0 aromatic carbocycles. The van der Waals surface area contributed by atoms with Crippen molar-refractivity contribution in [2.24, 2.45) is 17.8 Å². The molecule has 17 heavy (non-hydrogen) atoms. The Balaban J connectivity index is 1.91. The van der Waals surface area contributed by atoms with E-state index in [9.17, 15) is 9.59 Å². The van der Waals surface area contributed by atoms with Gasteiger partial charge in [0.2, 0.25) is 0 Å². The van der Waals surface area contributed by atoms with Gasteiger partial charge >= 0.3 is 0 Å². The quantitative estimate of drug-likeness (QED) is 0.623. The summed E-state index contributed by atoms with van der Waals surface area (Å²) in [4.78, 5) is 25.4. The number of carbonyl (C=O) groups excluding carboxylic acids is 2. The van der Waals surface area contributed by atoms with E-state index in [1.54, 1.807) is 0 Å². The van der Waals surface area contributed by atoms with E-state index in [0.29, 0.717) is 36.7 Å². The lowest BCUT2D eigenvalue weighted by Gasteiger charge is -2.48. The largest absolute Gasteiger partial charge is 0.377 e. The third-order valence-corrected chi connectivity index (χ3v) is 5.08. The maximum atomic E-state index is 11.9. The maximum absolute atomic E-state index is 11.9. The predicted molar refractivity (Wildman–Crippen MR) is 61.5 cm³/mol.